The molecule has 0 unspecified atom stereocenters. The van der Waals surface area contributed by atoms with Crippen LogP contribution in [0, 0.1) is 6.92 Å². The minimum absolute atomic E-state index is 0.0934. The van der Waals surface area contributed by atoms with Gasteiger partial charge in [-0.25, -0.2) is 13.4 Å². The van der Waals surface area contributed by atoms with Crippen LogP contribution >= 0.6 is 34.4 Å². The minimum Gasteiger partial charge on any atom is -0.507 e. The highest BCUT2D eigenvalue weighted by Gasteiger charge is 2.18. The number of phenols is 1. The number of nitrogens with one attached hydrogen (secondary N) is 1. The number of aromatic hydroxyl groups is 1. The summed E-state index contributed by atoms with van der Waals surface area (Å²) in [6.45, 7) is 1.75. The van der Waals surface area contributed by atoms with Gasteiger partial charge in [0.2, 0.25) is 0 Å². The molecule has 0 radical (unpaired) electrons. The van der Waals surface area contributed by atoms with E-state index >= 15 is 0 Å². The van der Waals surface area contributed by atoms with Gasteiger partial charge in [0.1, 0.15) is 9.96 Å². The summed E-state index contributed by atoms with van der Waals surface area (Å²) < 4.78 is 29.7. The Hall–Kier alpha value is -2.07. The normalized spacial score (nSPS) is 11.7. The van der Waals surface area contributed by atoms with Gasteiger partial charge in [-0.2, -0.15) is 0 Å². The zero-order chi connectivity index (χ0) is 19.0. The summed E-state index contributed by atoms with van der Waals surface area (Å²) in [5, 5.41) is 12.0. The zero-order valence-electron chi connectivity index (χ0n) is 14.0. The number of fused-ring (bicyclic) bond motifs is 1. The molecule has 138 valence electrons. The van der Waals surface area contributed by atoms with E-state index in [1.54, 1.807) is 36.6 Å². The molecule has 0 aliphatic heterocycles. The van der Waals surface area contributed by atoms with Crippen LogP contribution in [0.1, 0.15) is 5.56 Å². The monoisotopic (exact) mass is 434 g/mol. The second kappa shape index (κ2) is 7.16. The topological polar surface area (TPSA) is 79.3 Å². The molecular formula is C18H14N2O3S4. The van der Waals surface area contributed by atoms with Gasteiger partial charge in [-0.05, 0) is 48.2 Å². The first-order valence-electron chi connectivity index (χ1n) is 7.86. The van der Waals surface area contributed by atoms with E-state index in [9.17, 15) is 13.5 Å². The molecule has 9 heteroatoms. The van der Waals surface area contributed by atoms with Gasteiger partial charge < -0.3 is 5.11 Å². The van der Waals surface area contributed by atoms with Crippen molar-refractivity contribution in [2.24, 2.45) is 0 Å². The summed E-state index contributed by atoms with van der Waals surface area (Å²) in [6, 6.07) is 14.3. The number of phenolic OH excluding ortho intramolecular Hbond substituents is 1. The number of hydrogen-bond donors (Lipinski definition) is 2. The Labute approximate surface area is 168 Å². The standard InChI is InChI=1S/C18H14N2O3S4/c1-11-9-14(21)16(26-18-19-12-5-2-3-6-15(12)25-18)10-13(11)20-27(22,23)17-7-4-8-24-17/h2-10,20-21H,1H3. The van der Waals surface area contributed by atoms with Crippen LogP contribution in [-0.4, -0.2) is 18.5 Å². The van der Waals surface area contributed by atoms with Gasteiger partial charge in [0.05, 0.1) is 20.8 Å². The van der Waals surface area contributed by atoms with E-state index in [0.29, 0.717) is 16.1 Å². The van der Waals surface area contributed by atoms with Crippen LogP contribution in [0.15, 0.2) is 67.4 Å². The van der Waals surface area contributed by atoms with E-state index in [0.717, 1.165) is 25.9 Å². The van der Waals surface area contributed by atoms with Crippen molar-refractivity contribution >= 4 is 60.4 Å². The predicted octanol–water partition coefficient (Wildman–Crippen LogP) is 5.32. The lowest BCUT2D eigenvalue weighted by Crippen LogP contribution is -2.12. The molecule has 4 aromatic rings. The lowest BCUT2D eigenvalue weighted by atomic mass is 10.2. The number of sulfonamides is 1. The molecule has 0 aliphatic carbocycles. The third-order valence-corrected chi connectivity index (χ3v) is 8.69. The maximum atomic E-state index is 12.5. The quantitative estimate of drug-likeness (QED) is 0.415. The summed E-state index contributed by atoms with van der Waals surface area (Å²) in [4.78, 5) is 5.09. The van der Waals surface area contributed by atoms with E-state index in [1.807, 2.05) is 24.3 Å². The molecule has 0 fully saturated rings. The maximum Gasteiger partial charge on any atom is 0.271 e. The Morgan fingerprint density at radius 2 is 1.96 bits per heavy atom. The molecule has 0 bridgehead atoms. The Kier molecular flexibility index (Phi) is 4.85. The predicted molar refractivity (Wildman–Crippen MR) is 112 cm³/mol. The summed E-state index contributed by atoms with van der Waals surface area (Å²) in [6.07, 6.45) is 0. The summed E-state index contributed by atoms with van der Waals surface area (Å²) in [7, 11) is -3.65. The molecule has 0 atom stereocenters. The van der Waals surface area contributed by atoms with E-state index < -0.39 is 10.0 Å². The van der Waals surface area contributed by atoms with Crippen LogP contribution in [0.3, 0.4) is 0 Å². The smallest absolute Gasteiger partial charge is 0.271 e. The van der Waals surface area contributed by atoms with Crippen LogP contribution in [0.5, 0.6) is 5.75 Å². The van der Waals surface area contributed by atoms with Gasteiger partial charge in [-0.3, -0.25) is 4.72 Å². The molecule has 27 heavy (non-hydrogen) atoms. The first kappa shape index (κ1) is 18.3. The largest absolute Gasteiger partial charge is 0.507 e. The number of rotatable bonds is 5. The third-order valence-electron chi connectivity index (χ3n) is 3.78. The number of para-hydroxylation sites is 1. The van der Waals surface area contributed by atoms with Crippen molar-refractivity contribution in [3.63, 3.8) is 0 Å². The molecule has 0 aliphatic rings. The fraction of sp³-hybridized carbons (Fsp3) is 0.0556. The Morgan fingerprint density at radius 1 is 1.15 bits per heavy atom. The van der Waals surface area contributed by atoms with Crippen molar-refractivity contribution in [2.45, 2.75) is 20.4 Å². The fourth-order valence-electron chi connectivity index (χ4n) is 2.46. The van der Waals surface area contributed by atoms with Crippen LogP contribution in [0.4, 0.5) is 5.69 Å². The Bertz CT molecular complexity index is 1180. The second-order valence-corrected chi connectivity index (χ2v) is 10.9. The minimum atomic E-state index is -3.65. The van der Waals surface area contributed by atoms with Crippen LogP contribution in [0.25, 0.3) is 10.2 Å². The SMILES string of the molecule is Cc1cc(O)c(Sc2nc3ccccc3s2)cc1NS(=O)(=O)c1cccs1. The zero-order valence-corrected chi connectivity index (χ0v) is 17.3. The van der Waals surface area contributed by atoms with E-state index in [4.69, 9.17) is 0 Å². The molecule has 2 aromatic carbocycles. The second-order valence-electron chi connectivity index (χ2n) is 5.72. The highest BCUT2D eigenvalue weighted by molar-refractivity contribution is 8.01. The molecule has 2 N–H and O–H groups in total. The average Bonchev–Trinajstić information content (AvgIpc) is 3.28. The highest BCUT2D eigenvalue weighted by atomic mass is 32.2. The summed E-state index contributed by atoms with van der Waals surface area (Å²) >= 11 is 3.99. The average molecular weight is 435 g/mol. The molecule has 2 aromatic heterocycles. The number of hydrogen-bond acceptors (Lipinski definition) is 7. The van der Waals surface area contributed by atoms with Gasteiger partial charge in [0, 0.05) is 0 Å². The van der Waals surface area contributed by atoms with E-state index in [1.165, 1.54) is 23.1 Å². The molecule has 0 saturated carbocycles. The Balaban J connectivity index is 1.67. The van der Waals surface area contributed by atoms with E-state index in [-0.39, 0.29) is 9.96 Å². The van der Waals surface area contributed by atoms with E-state index in [2.05, 4.69) is 9.71 Å². The molecule has 4 rings (SSSR count). The van der Waals surface area contributed by atoms with Gasteiger partial charge in [-0.1, -0.05) is 30.0 Å². The van der Waals surface area contributed by atoms with Crippen LogP contribution in [0.2, 0.25) is 0 Å². The van der Waals surface area contributed by atoms with Crippen molar-refractivity contribution in [3.8, 4) is 5.75 Å². The van der Waals surface area contributed by atoms with Crippen molar-refractivity contribution in [3.05, 3.63) is 59.5 Å². The number of aromatic nitrogens is 1. The molecule has 5 nitrogen and oxygen atoms in total. The molecule has 0 spiro atoms. The number of benzene rings is 2. The van der Waals surface area contributed by atoms with Gasteiger partial charge in [0.25, 0.3) is 10.0 Å². The molecule has 0 amide bonds. The summed E-state index contributed by atoms with van der Waals surface area (Å²) in [5.74, 6) is 0.0934. The van der Waals surface area contributed by atoms with Crippen molar-refractivity contribution in [1.29, 1.82) is 0 Å². The highest BCUT2D eigenvalue weighted by Crippen LogP contribution is 2.41. The molecule has 0 saturated heterocycles. The van der Waals surface area contributed by atoms with Crippen molar-refractivity contribution in [1.82, 2.24) is 4.98 Å². The molecular weight excluding hydrogens is 420 g/mol. The number of anilines is 1. The van der Waals surface area contributed by atoms with Gasteiger partial charge in [0.15, 0.2) is 4.34 Å². The van der Waals surface area contributed by atoms with Crippen molar-refractivity contribution in [2.75, 3.05) is 4.72 Å². The number of thiazole rings is 1. The van der Waals surface area contributed by atoms with Crippen LogP contribution < -0.4 is 4.72 Å². The lowest BCUT2D eigenvalue weighted by Gasteiger charge is -2.12. The van der Waals surface area contributed by atoms with Gasteiger partial charge >= 0.3 is 0 Å². The maximum absolute atomic E-state index is 12.5. The number of thiophene rings is 1. The van der Waals surface area contributed by atoms with Gasteiger partial charge in [-0.15, -0.1) is 22.7 Å². The lowest BCUT2D eigenvalue weighted by molar-refractivity contribution is 0.462. The molecule has 2 heterocycles. The number of aryl methyl sites for hydroxylation is 1. The van der Waals surface area contributed by atoms with Crippen molar-refractivity contribution < 1.29 is 13.5 Å². The third kappa shape index (κ3) is 3.81. The van der Waals surface area contributed by atoms with Crippen LogP contribution in [-0.2, 0) is 10.0 Å². The number of nitrogens with zero attached hydrogens (tertiary/aromatic N) is 1. The first-order valence-corrected chi connectivity index (χ1v) is 11.9. The fourth-order valence-corrected chi connectivity index (χ4v) is 6.65. The summed E-state index contributed by atoms with van der Waals surface area (Å²) in [5.41, 5.74) is 1.97. The Morgan fingerprint density at radius 3 is 2.70 bits per heavy atom. The first-order chi connectivity index (χ1) is 12.9.